The molecular weight excluding hydrogens is 406 g/mol. The first-order chi connectivity index (χ1) is 15.1. The van der Waals surface area contributed by atoms with Crippen molar-refractivity contribution in [2.45, 2.75) is 25.4 Å². The molecule has 2 heterocycles. The molecule has 4 aromatic rings. The molecule has 0 unspecified atom stereocenters. The van der Waals surface area contributed by atoms with Crippen molar-refractivity contribution < 1.29 is 4.79 Å². The number of rotatable bonds is 7. The quantitative estimate of drug-likeness (QED) is 0.402. The van der Waals surface area contributed by atoms with Gasteiger partial charge in [0.2, 0.25) is 5.91 Å². The van der Waals surface area contributed by atoms with Crippen LogP contribution >= 0.6 is 11.8 Å². The molecule has 0 fully saturated rings. The van der Waals surface area contributed by atoms with Crippen LogP contribution < -0.4 is 4.90 Å². The average Bonchev–Trinajstić information content (AvgIpc) is 3.15. The SMILES string of the molecule is Cc1cc(C)n(-c2ccc(SCC(=O)N(Cc3ccccc3)c3ccccc3)nn2)n1. The van der Waals surface area contributed by atoms with Crippen LogP contribution in [0.2, 0.25) is 0 Å². The summed E-state index contributed by atoms with van der Waals surface area (Å²) < 4.78 is 1.76. The van der Waals surface area contributed by atoms with Gasteiger partial charge < -0.3 is 4.90 Å². The second-order valence-electron chi connectivity index (χ2n) is 7.16. The molecule has 2 aromatic carbocycles. The number of carbonyl (C=O) groups is 1. The molecular formula is C24H23N5OS. The molecule has 0 aliphatic rings. The molecule has 4 rings (SSSR count). The molecule has 0 spiro atoms. The minimum Gasteiger partial charge on any atom is -0.307 e. The summed E-state index contributed by atoms with van der Waals surface area (Å²) in [6.07, 6.45) is 0. The zero-order chi connectivity index (χ0) is 21.6. The summed E-state index contributed by atoms with van der Waals surface area (Å²) >= 11 is 1.38. The lowest BCUT2D eigenvalue weighted by Crippen LogP contribution is -2.31. The van der Waals surface area contributed by atoms with Gasteiger partial charge in [-0.05, 0) is 49.7 Å². The molecule has 0 bridgehead atoms. The van der Waals surface area contributed by atoms with E-state index in [9.17, 15) is 4.79 Å². The number of hydrogen-bond acceptors (Lipinski definition) is 5. The lowest BCUT2D eigenvalue weighted by Gasteiger charge is -2.23. The lowest BCUT2D eigenvalue weighted by atomic mass is 10.2. The van der Waals surface area contributed by atoms with Crippen LogP contribution in [0.4, 0.5) is 5.69 Å². The molecule has 7 heteroatoms. The first-order valence-electron chi connectivity index (χ1n) is 9.99. The maximum Gasteiger partial charge on any atom is 0.237 e. The van der Waals surface area contributed by atoms with E-state index in [1.807, 2.05) is 92.7 Å². The van der Waals surface area contributed by atoms with Crippen LogP contribution in [0.1, 0.15) is 17.0 Å². The van der Waals surface area contributed by atoms with E-state index in [4.69, 9.17) is 0 Å². The van der Waals surface area contributed by atoms with E-state index in [0.717, 1.165) is 22.6 Å². The molecule has 6 nitrogen and oxygen atoms in total. The molecule has 0 N–H and O–H groups in total. The number of anilines is 1. The number of hydrogen-bond donors (Lipinski definition) is 0. The fraction of sp³-hybridized carbons (Fsp3) is 0.167. The molecule has 1 amide bonds. The standard InChI is InChI=1S/C24H23N5OS/c1-18-15-19(2)29(27-18)22-13-14-23(26-25-22)31-17-24(30)28(21-11-7-4-8-12-21)16-20-9-5-3-6-10-20/h3-15H,16-17H2,1-2H3. The predicted octanol–water partition coefficient (Wildman–Crippen LogP) is 4.60. The van der Waals surface area contributed by atoms with Gasteiger partial charge in [-0.2, -0.15) is 5.10 Å². The molecule has 0 aliphatic heterocycles. The van der Waals surface area contributed by atoms with Gasteiger partial charge >= 0.3 is 0 Å². The van der Waals surface area contributed by atoms with Gasteiger partial charge in [0.15, 0.2) is 5.82 Å². The van der Waals surface area contributed by atoms with E-state index < -0.39 is 0 Å². The molecule has 0 radical (unpaired) electrons. The summed E-state index contributed by atoms with van der Waals surface area (Å²) in [5.41, 5.74) is 3.89. The Labute approximate surface area is 185 Å². The highest BCUT2D eigenvalue weighted by Crippen LogP contribution is 2.21. The van der Waals surface area contributed by atoms with Gasteiger partial charge in [-0.3, -0.25) is 4.79 Å². The van der Waals surface area contributed by atoms with Crippen molar-refractivity contribution in [2.75, 3.05) is 10.7 Å². The van der Waals surface area contributed by atoms with Crippen molar-refractivity contribution in [3.05, 3.63) is 95.8 Å². The maximum absolute atomic E-state index is 13.1. The van der Waals surface area contributed by atoms with Gasteiger partial charge in [0.1, 0.15) is 5.03 Å². The number of aryl methyl sites for hydroxylation is 2. The van der Waals surface area contributed by atoms with Crippen molar-refractivity contribution in [1.29, 1.82) is 0 Å². The molecule has 156 valence electrons. The third-order valence-corrected chi connectivity index (χ3v) is 5.65. The third-order valence-electron chi connectivity index (χ3n) is 4.75. The van der Waals surface area contributed by atoms with Gasteiger partial charge in [0.25, 0.3) is 0 Å². The Morgan fingerprint density at radius 3 is 2.26 bits per heavy atom. The average molecular weight is 430 g/mol. The van der Waals surface area contributed by atoms with Crippen LogP contribution in [0.5, 0.6) is 0 Å². The lowest BCUT2D eigenvalue weighted by molar-refractivity contribution is -0.116. The van der Waals surface area contributed by atoms with Gasteiger partial charge in [-0.25, -0.2) is 4.68 Å². The number of benzene rings is 2. The zero-order valence-electron chi connectivity index (χ0n) is 17.5. The van der Waals surface area contributed by atoms with E-state index in [0.29, 0.717) is 17.4 Å². The zero-order valence-corrected chi connectivity index (χ0v) is 18.3. The third kappa shape index (κ3) is 5.19. The Bertz CT molecular complexity index is 1140. The fourth-order valence-corrected chi connectivity index (χ4v) is 3.96. The first-order valence-corrected chi connectivity index (χ1v) is 11.0. The number of aromatic nitrogens is 4. The minimum atomic E-state index is 0.0180. The summed E-state index contributed by atoms with van der Waals surface area (Å²) in [4.78, 5) is 14.9. The van der Waals surface area contributed by atoms with Crippen LogP contribution in [-0.2, 0) is 11.3 Å². The molecule has 0 atom stereocenters. The van der Waals surface area contributed by atoms with Crippen LogP contribution in [0.15, 0.2) is 83.9 Å². The fourth-order valence-electron chi connectivity index (χ4n) is 3.27. The van der Waals surface area contributed by atoms with Crippen LogP contribution in [0, 0.1) is 13.8 Å². The number of amides is 1. The first kappa shape index (κ1) is 20.8. The summed E-state index contributed by atoms with van der Waals surface area (Å²) in [5, 5.41) is 13.7. The van der Waals surface area contributed by atoms with Crippen molar-refractivity contribution >= 4 is 23.4 Å². The highest BCUT2D eigenvalue weighted by atomic mass is 32.2. The Hall–Kier alpha value is -3.45. The normalized spacial score (nSPS) is 10.8. The Balaban J connectivity index is 1.45. The Morgan fingerprint density at radius 2 is 1.65 bits per heavy atom. The molecule has 31 heavy (non-hydrogen) atoms. The monoisotopic (exact) mass is 429 g/mol. The van der Waals surface area contributed by atoms with E-state index in [2.05, 4.69) is 15.3 Å². The van der Waals surface area contributed by atoms with Crippen LogP contribution in [-0.4, -0.2) is 31.6 Å². The number of carbonyl (C=O) groups excluding carboxylic acids is 1. The summed E-state index contributed by atoms with van der Waals surface area (Å²) in [6, 6.07) is 25.5. The van der Waals surface area contributed by atoms with Gasteiger partial charge in [0, 0.05) is 11.4 Å². The van der Waals surface area contributed by atoms with Crippen LogP contribution in [0.3, 0.4) is 0 Å². The summed E-state index contributed by atoms with van der Waals surface area (Å²) in [5.74, 6) is 0.955. The largest absolute Gasteiger partial charge is 0.307 e. The Kier molecular flexibility index (Phi) is 6.43. The number of nitrogens with zero attached hydrogens (tertiary/aromatic N) is 5. The number of thioether (sulfide) groups is 1. The van der Waals surface area contributed by atoms with E-state index in [-0.39, 0.29) is 11.7 Å². The smallest absolute Gasteiger partial charge is 0.237 e. The molecule has 0 saturated carbocycles. The van der Waals surface area contributed by atoms with E-state index >= 15 is 0 Å². The molecule has 0 aliphatic carbocycles. The van der Waals surface area contributed by atoms with Gasteiger partial charge in [-0.15, -0.1) is 10.2 Å². The second-order valence-corrected chi connectivity index (χ2v) is 8.15. The van der Waals surface area contributed by atoms with Crippen molar-refractivity contribution in [3.63, 3.8) is 0 Å². The van der Waals surface area contributed by atoms with E-state index in [1.54, 1.807) is 9.58 Å². The molecule has 0 saturated heterocycles. The number of para-hydroxylation sites is 1. The van der Waals surface area contributed by atoms with Crippen molar-refractivity contribution in [2.24, 2.45) is 0 Å². The summed E-state index contributed by atoms with van der Waals surface area (Å²) in [7, 11) is 0. The predicted molar refractivity (Wildman–Crippen MR) is 123 cm³/mol. The Morgan fingerprint density at radius 1 is 0.935 bits per heavy atom. The minimum absolute atomic E-state index is 0.0180. The van der Waals surface area contributed by atoms with E-state index in [1.165, 1.54) is 11.8 Å². The van der Waals surface area contributed by atoms with Crippen molar-refractivity contribution in [1.82, 2.24) is 20.0 Å². The molecule has 2 aromatic heterocycles. The highest BCUT2D eigenvalue weighted by molar-refractivity contribution is 7.99. The summed E-state index contributed by atoms with van der Waals surface area (Å²) in [6.45, 7) is 4.45. The van der Waals surface area contributed by atoms with Crippen LogP contribution in [0.25, 0.3) is 5.82 Å². The maximum atomic E-state index is 13.1. The van der Waals surface area contributed by atoms with Gasteiger partial charge in [0.05, 0.1) is 18.0 Å². The highest BCUT2D eigenvalue weighted by Gasteiger charge is 2.17. The second kappa shape index (κ2) is 9.57. The topological polar surface area (TPSA) is 63.9 Å². The van der Waals surface area contributed by atoms with Crippen molar-refractivity contribution in [3.8, 4) is 5.82 Å². The van der Waals surface area contributed by atoms with Gasteiger partial charge in [-0.1, -0.05) is 60.3 Å².